The van der Waals surface area contributed by atoms with E-state index in [-0.39, 0.29) is 6.04 Å². The Balaban J connectivity index is 2.23. The van der Waals surface area contributed by atoms with E-state index in [1.165, 1.54) is 10.9 Å². The molecule has 0 saturated heterocycles. The molecule has 2 aromatic rings. The summed E-state index contributed by atoms with van der Waals surface area (Å²) in [5.41, 5.74) is 2.24. The van der Waals surface area contributed by atoms with Crippen LogP contribution < -0.4 is 5.32 Å². The normalized spacial score (nSPS) is 12.7. The van der Waals surface area contributed by atoms with E-state index in [1.54, 1.807) is 0 Å². The zero-order valence-corrected chi connectivity index (χ0v) is 11.9. The van der Waals surface area contributed by atoms with Crippen LogP contribution in [0.25, 0.3) is 11.0 Å². The van der Waals surface area contributed by atoms with Gasteiger partial charge in [-0.2, -0.15) is 0 Å². The van der Waals surface area contributed by atoms with Gasteiger partial charge in [-0.3, -0.25) is 0 Å². The summed E-state index contributed by atoms with van der Waals surface area (Å²) in [5, 5.41) is 4.75. The van der Waals surface area contributed by atoms with Crippen molar-refractivity contribution in [3.63, 3.8) is 0 Å². The van der Waals surface area contributed by atoms with Gasteiger partial charge in [0.2, 0.25) is 0 Å². The van der Waals surface area contributed by atoms with Crippen molar-refractivity contribution in [1.82, 2.24) is 5.32 Å². The van der Waals surface area contributed by atoms with Crippen molar-refractivity contribution in [2.75, 3.05) is 6.54 Å². The van der Waals surface area contributed by atoms with Crippen LogP contribution in [0.15, 0.2) is 41.3 Å². The first-order valence-corrected chi connectivity index (χ1v) is 7.09. The maximum atomic E-state index is 5.98. The van der Waals surface area contributed by atoms with Crippen LogP contribution in [0.5, 0.6) is 0 Å². The average Bonchev–Trinajstić information content (AvgIpc) is 2.81. The van der Waals surface area contributed by atoms with Crippen LogP contribution in [-0.4, -0.2) is 6.54 Å². The molecule has 1 unspecified atom stereocenters. The molecule has 102 valence electrons. The van der Waals surface area contributed by atoms with Gasteiger partial charge in [-0.05, 0) is 50.9 Å². The Morgan fingerprint density at radius 2 is 2.21 bits per heavy atom. The number of fused-ring (bicyclic) bond motifs is 1. The molecule has 2 nitrogen and oxygen atoms in total. The number of benzene rings is 1. The first kappa shape index (κ1) is 13.9. The third kappa shape index (κ3) is 3.48. The van der Waals surface area contributed by atoms with E-state index in [2.05, 4.69) is 50.0 Å². The number of furan rings is 1. The molecule has 1 N–H and O–H groups in total. The second-order valence-electron chi connectivity index (χ2n) is 5.06. The molecular weight excluding hydrogens is 234 g/mol. The highest BCUT2D eigenvalue weighted by Gasteiger charge is 2.14. The number of hydrogen-bond acceptors (Lipinski definition) is 2. The zero-order valence-electron chi connectivity index (χ0n) is 11.9. The van der Waals surface area contributed by atoms with Crippen molar-refractivity contribution in [1.29, 1.82) is 0 Å². The minimum Gasteiger partial charge on any atom is -0.459 e. The molecule has 0 fully saturated rings. The van der Waals surface area contributed by atoms with Crippen molar-refractivity contribution in [2.24, 2.45) is 0 Å². The Morgan fingerprint density at radius 3 is 2.95 bits per heavy atom. The Morgan fingerprint density at radius 1 is 1.37 bits per heavy atom. The van der Waals surface area contributed by atoms with Gasteiger partial charge in [0.1, 0.15) is 11.3 Å². The first-order valence-electron chi connectivity index (χ1n) is 7.09. The lowest BCUT2D eigenvalue weighted by molar-refractivity contribution is 0.412. The minimum atomic E-state index is 0.283. The first-order chi connectivity index (χ1) is 9.24. The Kier molecular flexibility index (Phi) is 4.80. The summed E-state index contributed by atoms with van der Waals surface area (Å²) in [6.07, 6.45) is 5.12. The summed E-state index contributed by atoms with van der Waals surface area (Å²) in [6.45, 7) is 9.10. The van der Waals surface area contributed by atoms with Crippen LogP contribution in [0.2, 0.25) is 0 Å². The van der Waals surface area contributed by atoms with Gasteiger partial charge in [0.15, 0.2) is 0 Å². The third-order valence-electron chi connectivity index (χ3n) is 3.33. The van der Waals surface area contributed by atoms with Gasteiger partial charge in [0.25, 0.3) is 0 Å². The summed E-state index contributed by atoms with van der Waals surface area (Å²) in [4.78, 5) is 0. The van der Waals surface area contributed by atoms with Crippen LogP contribution in [0.1, 0.15) is 43.6 Å². The summed E-state index contributed by atoms with van der Waals surface area (Å²) >= 11 is 0. The Hall–Kier alpha value is -1.54. The lowest BCUT2D eigenvalue weighted by Crippen LogP contribution is -2.21. The minimum absolute atomic E-state index is 0.283. The molecule has 0 aliphatic heterocycles. The molecule has 1 aromatic heterocycles. The molecule has 0 saturated carbocycles. The third-order valence-corrected chi connectivity index (χ3v) is 3.33. The summed E-state index contributed by atoms with van der Waals surface area (Å²) in [7, 11) is 0. The van der Waals surface area contributed by atoms with Crippen molar-refractivity contribution in [3.8, 4) is 0 Å². The van der Waals surface area contributed by atoms with Crippen molar-refractivity contribution in [2.45, 2.75) is 39.2 Å². The van der Waals surface area contributed by atoms with E-state index in [9.17, 15) is 0 Å². The number of nitrogens with one attached hydrogen (secondary N) is 1. The highest BCUT2D eigenvalue weighted by molar-refractivity contribution is 5.78. The summed E-state index contributed by atoms with van der Waals surface area (Å²) in [6, 6.07) is 8.77. The molecule has 2 heteroatoms. The molecule has 1 atom stereocenters. The second kappa shape index (κ2) is 6.58. The van der Waals surface area contributed by atoms with Gasteiger partial charge in [0.05, 0.1) is 6.04 Å². The van der Waals surface area contributed by atoms with Crippen LogP contribution in [0.3, 0.4) is 0 Å². The monoisotopic (exact) mass is 257 g/mol. The van der Waals surface area contributed by atoms with Crippen molar-refractivity contribution < 1.29 is 4.42 Å². The SMILES string of the molecule is C=CCCC(NCCC)c1cc2cc(C)ccc2o1. The Labute approximate surface area is 115 Å². The lowest BCUT2D eigenvalue weighted by Gasteiger charge is -2.15. The van der Waals surface area contributed by atoms with Gasteiger partial charge in [-0.15, -0.1) is 6.58 Å². The number of allylic oxidation sites excluding steroid dienone is 1. The molecule has 19 heavy (non-hydrogen) atoms. The van der Waals surface area contributed by atoms with E-state index in [0.29, 0.717) is 0 Å². The predicted molar refractivity (Wildman–Crippen MR) is 81.4 cm³/mol. The van der Waals surface area contributed by atoms with Gasteiger partial charge >= 0.3 is 0 Å². The van der Waals surface area contributed by atoms with Crippen LogP contribution >= 0.6 is 0 Å². The lowest BCUT2D eigenvalue weighted by atomic mass is 10.1. The summed E-state index contributed by atoms with van der Waals surface area (Å²) in [5.74, 6) is 1.04. The second-order valence-corrected chi connectivity index (χ2v) is 5.06. The number of hydrogen-bond donors (Lipinski definition) is 1. The van der Waals surface area contributed by atoms with E-state index < -0.39 is 0 Å². The molecule has 0 aliphatic carbocycles. The van der Waals surface area contributed by atoms with Crippen LogP contribution in [0.4, 0.5) is 0 Å². The molecule has 0 bridgehead atoms. The molecular formula is C17H23NO. The molecule has 0 radical (unpaired) electrons. The number of aryl methyl sites for hydroxylation is 1. The van der Waals surface area contributed by atoms with Crippen molar-refractivity contribution in [3.05, 3.63) is 48.2 Å². The molecule has 1 heterocycles. The highest BCUT2D eigenvalue weighted by Crippen LogP contribution is 2.27. The Bertz CT molecular complexity index is 541. The van der Waals surface area contributed by atoms with E-state index in [4.69, 9.17) is 4.42 Å². The average molecular weight is 257 g/mol. The molecule has 0 amide bonds. The van der Waals surface area contributed by atoms with E-state index in [1.807, 2.05) is 6.08 Å². The fourth-order valence-electron chi connectivity index (χ4n) is 2.30. The topological polar surface area (TPSA) is 25.2 Å². The van der Waals surface area contributed by atoms with E-state index in [0.717, 1.165) is 37.2 Å². The van der Waals surface area contributed by atoms with Crippen molar-refractivity contribution >= 4 is 11.0 Å². The zero-order chi connectivity index (χ0) is 13.7. The molecule has 1 aromatic carbocycles. The van der Waals surface area contributed by atoms with E-state index >= 15 is 0 Å². The fraction of sp³-hybridized carbons (Fsp3) is 0.412. The predicted octanol–water partition coefficient (Wildman–Crippen LogP) is 4.75. The maximum absolute atomic E-state index is 5.98. The van der Waals surface area contributed by atoms with Gasteiger partial charge in [-0.25, -0.2) is 0 Å². The smallest absolute Gasteiger partial charge is 0.134 e. The highest BCUT2D eigenvalue weighted by atomic mass is 16.3. The van der Waals surface area contributed by atoms with Crippen LogP contribution in [-0.2, 0) is 0 Å². The van der Waals surface area contributed by atoms with Crippen LogP contribution in [0, 0.1) is 6.92 Å². The molecule has 0 spiro atoms. The van der Waals surface area contributed by atoms with Gasteiger partial charge in [0, 0.05) is 5.39 Å². The summed E-state index contributed by atoms with van der Waals surface area (Å²) < 4.78 is 5.98. The van der Waals surface area contributed by atoms with Gasteiger partial charge < -0.3 is 9.73 Å². The maximum Gasteiger partial charge on any atom is 0.134 e. The molecule has 0 aliphatic rings. The largest absolute Gasteiger partial charge is 0.459 e. The quantitative estimate of drug-likeness (QED) is 0.724. The molecule has 2 rings (SSSR count). The number of rotatable bonds is 7. The van der Waals surface area contributed by atoms with Gasteiger partial charge in [-0.1, -0.05) is 24.6 Å². The fourth-order valence-corrected chi connectivity index (χ4v) is 2.30. The standard InChI is InChI=1S/C17H23NO/c1-4-6-7-15(18-10-5-2)17-12-14-11-13(3)8-9-16(14)19-17/h4,8-9,11-12,15,18H,1,5-7,10H2,2-3H3.